The zero-order valence-corrected chi connectivity index (χ0v) is 18.9. The van der Waals surface area contributed by atoms with Gasteiger partial charge in [0.1, 0.15) is 5.70 Å². The molecule has 0 bridgehead atoms. The van der Waals surface area contributed by atoms with E-state index in [-0.39, 0.29) is 17.0 Å². The normalized spacial score (nSPS) is 13.6. The standard InChI is InChI=1S/C28H21N3O4/c1-2-18-10-14-21(15-11-18)30-27(32)25(20-12-16-22(17-13-20)31(34)35)26(28(30)33)29-24-9-5-7-19-6-3-4-8-23(19)24/h3-17,29H,2H2,1H3. The molecule has 0 fully saturated rings. The maximum atomic E-state index is 13.6. The number of fused-ring (bicyclic) bond motifs is 1. The SMILES string of the molecule is CCc1ccc(N2C(=O)C(Nc3cccc4ccccc34)=C(c3ccc([N+](=O)[O-])cc3)C2=O)cc1. The van der Waals surface area contributed by atoms with E-state index in [2.05, 4.69) is 5.32 Å². The predicted octanol–water partition coefficient (Wildman–Crippen LogP) is 5.71. The van der Waals surface area contributed by atoms with Gasteiger partial charge in [0, 0.05) is 23.2 Å². The Bertz CT molecular complexity index is 1500. The number of aryl methyl sites for hydroxylation is 1. The summed E-state index contributed by atoms with van der Waals surface area (Å²) in [5, 5.41) is 16.2. The Balaban J connectivity index is 1.63. The van der Waals surface area contributed by atoms with Crippen LogP contribution >= 0.6 is 0 Å². The van der Waals surface area contributed by atoms with Crippen LogP contribution in [0.3, 0.4) is 0 Å². The van der Waals surface area contributed by atoms with E-state index in [1.165, 1.54) is 24.3 Å². The molecule has 4 aromatic rings. The molecule has 1 aliphatic heterocycles. The lowest BCUT2D eigenvalue weighted by atomic mass is 10.0. The van der Waals surface area contributed by atoms with Crippen molar-refractivity contribution in [2.75, 3.05) is 10.2 Å². The van der Waals surface area contributed by atoms with Gasteiger partial charge in [0.05, 0.1) is 16.2 Å². The molecule has 0 saturated carbocycles. The molecule has 1 heterocycles. The van der Waals surface area contributed by atoms with Gasteiger partial charge in [-0.3, -0.25) is 19.7 Å². The van der Waals surface area contributed by atoms with Crippen molar-refractivity contribution >= 4 is 45.2 Å². The second-order valence-corrected chi connectivity index (χ2v) is 8.17. The average molecular weight is 463 g/mol. The summed E-state index contributed by atoms with van der Waals surface area (Å²) in [5.41, 5.74) is 2.85. The van der Waals surface area contributed by atoms with Crippen molar-refractivity contribution in [3.63, 3.8) is 0 Å². The van der Waals surface area contributed by atoms with E-state index >= 15 is 0 Å². The van der Waals surface area contributed by atoms with Crippen molar-refractivity contribution in [2.24, 2.45) is 0 Å². The molecule has 0 aromatic heterocycles. The van der Waals surface area contributed by atoms with Gasteiger partial charge >= 0.3 is 0 Å². The van der Waals surface area contributed by atoms with Crippen LogP contribution in [0.25, 0.3) is 16.3 Å². The van der Waals surface area contributed by atoms with E-state index in [9.17, 15) is 19.7 Å². The van der Waals surface area contributed by atoms with Crippen LogP contribution in [0.4, 0.5) is 17.1 Å². The van der Waals surface area contributed by atoms with Crippen molar-refractivity contribution in [1.82, 2.24) is 0 Å². The molecular weight excluding hydrogens is 442 g/mol. The quantitative estimate of drug-likeness (QED) is 0.225. The van der Waals surface area contributed by atoms with E-state index in [4.69, 9.17) is 0 Å². The van der Waals surface area contributed by atoms with Crippen LogP contribution in [-0.4, -0.2) is 16.7 Å². The van der Waals surface area contributed by atoms with Gasteiger partial charge in [0.2, 0.25) is 0 Å². The van der Waals surface area contributed by atoms with Crippen molar-refractivity contribution in [1.29, 1.82) is 0 Å². The number of anilines is 2. The van der Waals surface area contributed by atoms with Crippen LogP contribution < -0.4 is 10.2 Å². The molecule has 7 heteroatoms. The lowest BCUT2D eigenvalue weighted by Gasteiger charge is -2.16. The lowest BCUT2D eigenvalue weighted by Crippen LogP contribution is -2.32. The fraction of sp³-hybridized carbons (Fsp3) is 0.0714. The third kappa shape index (κ3) is 3.93. The molecule has 1 N–H and O–H groups in total. The van der Waals surface area contributed by atoms with Gasteiger partial charge in [0.25, 0.3) is 17.5 Å². The minimum absolute atomic E-state index is 0.0957. The van der Waals surface area contributed by atoms with Gasteiger partial charge in [-0.1, -0.05) is 55.5 Å². The summed E-state index contributed by atoms with van der Waals surface area (Å²) in [7, 11) is 0. The number of benzene rings is 4. The van der Waals surface area contributed by atoms with E-state index < -0.39 is 16.7 Å². The number of carbonyl (C=O) groups is 2. The fourth-order valence-electron chi connectivity index (χ4n) is 4.25. The molecule has 172 valence electrons. The zero-order valence-electron chi connectivity index (χ0n) is 18.9. The number of carbonyl (C=O) groups excluding carboxylic acids is 2. The van der Waals surface area contributed by atoms with Crippen LogP contribution in [0.1, 0.15) is 18.1 Å². The Labute approximate surface area is 201 Å². The van der Waals surface area contributed by atoms with Crippen molar-refractivity contribution < 1.29 is 14.5 Å². The molecule has 0 saturated heterocycles. The lowest BCUT2D eigenvalue weighted by molar-refractivity contribution is -0.384. The van der Waals surface area contributed by atoms with Crippen LogP contribution in [0.15, 0.2) is 96.7 Å². The number of imide groups is 1. The molecule has 1 aliphatic rings. The number of nitrogens with zero attached hydrogens (tertiary/aromatic N) is 2. The highest BCUT2D eigenvalue weighted by atomic mass is 16.6. The number of hydrogen-bond donors (Lipinski definition) is 1. The Kier molecular flexibility index (Phi) is 5.58. The second kappa shape index (κ2) is 8.87. The van der Waals surface area contributed by atoms with Crippen molar-refractivity contribution in [3.8, 4) is 0 Å². The van der Waals surface area contributed by atoms with Crippen LogP contribution in [0.2, 0.25) is 0 Å². The summed E-state index contributed by atoms with van der Waals surface area (Å²) in [4.78, 5) is 39.0. The molecule has 0 unspecified atom stereocenters. The molecule has 4 aromatic carbocycles. The van der Waals surface area contributed by atoms with Crippen molar-refractivity contribution in [3.05, 3.63) is 118 Å². The highest BCUT2D eigenvalue weighted by Gasteiger charge is 2.40. The van der Waals surface area contributed by atoms with E-state index in [1.807, 2.05) is 61.5 Å². The van der Waals surface area contributed by atoms with E-state index in [0.717, 1.165) is 27.7 Å². The van der Waals surface area contributed by atoms with E-state index in [0.29, 0.717) is 16.9 Å². The molecule has 0 atom stereocenters. The first-order chi connectivity index (χ1) is 17.0. The molecule has 0 radical (unpaired) electrons. The first-order valence-electron chi connectivity index (χ1n) is 11.2. The largest absolute Gasteiger partial charge is 0.350 e. The highest BCUT2D eigenvalue weighted by Crippen LogP contribution is 2.35. The van der Waals surface area contributed by atoms with Gasteiger partial charge in [-0.15, -0.1) is 0 Å². The molecule has 35 heavy (non-hydrogen) atoms. The summed E-state index contributed by atoms with van der Waals surface area (Å²) in [6.45, 7) is 2.03. The number of amides is 2. The highest BCUT2D eigenvalue weighted by molar-refractivity contribution is 6.46. The maximum Gasteiger partial charge on any atom is 0.282 e. The van der Waals surface area contributed by atoms with Gasteiger partial charge in [-0.2, -0.15) is 0 Å². The Hall–Kier alpha value is -4.78. The van der Waals surface area contributed by atoms with Gasteiger partial charge < -0.3 is 5.32 Å². The number of nitro benzene ring substituents is 1. The second-order valence-electron chi connectivity index (χ2n) is 8.17. The topological polar surface area (TPSA) is 92.6 Å². The minimum atomic E-state index is -0.503. The summed E-state index contributed by atoms with van der Waals surface area (Å²) < 4.78 is 0. The summed E-state index contributed by atoms with van der Waals surface area (Å²) in [6.07, 6.45) is 0.836. The third-order valence-electron chi connectivity index (χ3n) is 6.10. The Morgan fingerprint density at radius 3 is 2.20 bits per heavy atom. The molecule has 0 aliphatic carbocycles. The monoisotopic (exact) mass is 463 g/mol. The van der Waals surface area contributed by atoms with Gasteiger partial charge in [-0.05, 0) is 53.3 Å². The smallest absolute Gasteiger partial charge is 0.282 e. The molecule has 2 amide bonds. The first-order valence-corrected chi connectivity index (χ1v) is 11.2. The molecular formula is C28H21N3O4. The molecule has 7 nitrogen and oxygen atoms in total. The molecule has 0 spiro atoms. The predicted molar refractivity (Wildman–Crippen MR) is 136 cm³/mol. The summed E-state index contributed by atoms with van der Waals surface area (Å²) in [6, 6.07) is 26.3. The Morgan fingerprint density at radius 2 is 1.51 bits per heavy atom. The maximum absolute atomic E-state index is 13.6. The number of rotatable bonds is 6. The number of nitrogens with one attached hydrogen (secondary N) is 1. The first kappa shape index (κ1) is 22.0. The van der Waals surface area contributed by atoms with Gasteiger partial charge in [0.15, 0.2) is 0 Å². The van der Waals surface area contributed by atoms with Crippen LogP contribution in [0.5, 0.6) is 0 Å². The van der Waals surface area contributed by atoms with Crippen molar-refractivity contribution in [2.45, 2.75) is 13.3 Å². The average Bonchev–Trinajstić information content (AvgIpc) is 3.13. The summed E-state index contributed by atoms with van der Waals surface area (Å²) >= 11 is 0. The fourth-order valence-corrected chi connectivity index (χ4v) is 4.25. The number of hydrogen-bond acceptors (Lipinski definition) is 5. The molecule has 5 rings (SSSR count). The number of non-ortho nitro benzene ring substituents is 1. The third-order valence-corrected chi connectivity index (χ3v) is 6.10. The number of nitro groups is 1. The van der Waals surface area contributed by atoms with Crippen LogP contribution in [0, 0.1) is 10.1 Å². The zero-order chi connectivity index (χ0) is 24.5. The summed E-state index contributed by atoms with van der Waals surface area (Å²) in [5.74, 6) is -0.976. The van der Waals surface area contributed by atoms with Gasteiger partial charge in [-0.25, -0.2) is 4.90 Å². The van der Waals surface area contributed by atoms with Crippen LogP contribution in [-0.2, 0) is 16.0 Å². The Morgan fingerprint density at radius 1 is 0.829 bits per heavy atom. The minimum Gasteiger partial charge on any atom is -0.350 e. The van der Waals surface area contributed by atoms with E-state index in [1.54, 1.807) is 12.1 Å².